The first-order chi connectivity index (χ1) is 17.0. The highest BCUT2D eigenvalue weighted by Gasteiger charge is 2.30. The second kappa shape index (κ2) is 9.10. The molecule has 0 saturated heterocycles. The van der Waals surface area contributed by atoms with E-state index in [-0.39, 0.29) is 16.7 Å². The van der Waals surface area contributed by atoms with Gasteiger partial charge in [-0.3, -0.25) is 9.59 Å². The fraction of sp³-hybridized carbons (Fsp3) is 0.120. The highest BCUT2D eigenvalue weighted by molar-refractivity contribution is 5.92. The monoisotopic (exact) mass is 500 g/mol. The number of methoxy groups -OCH3 is 1. The summed E-state index contributed by atoms with van der Waals surface area (Å²) in [5, 5.41) is 50.5. The van der Waals surface area contributed by atoms with Crippen molar-refractivity contribution in [2.45, 2.75) is 12.3 Å². The first-order valence-corrected chi connectivity index (χ1v) is 10.3. The average Bonchev–Trinajstić information content (AvgIpc) is 2.83. The number of carbonyl (C=O) groups excluding carboxylic acids is 1. The first-order valence-electron chi connectivity index (χ1n) is 10.3. The molecule has 1 heterocycles. The largest absolute Gasteiger partial charge is 0.507 e. The van der Waals surface area contributed by atoms with E-state index in [1.807, 2.05) is 0 Å². The van der Waals surface area contributed by atoms with Gasteiger partial charge in [0.15, 0.2) is 28.9 Å². The summed E-state index contributed by atoms with van der Waals surface area (Å²) in [6, 6.07) is 6.80. The molecule has 36 heavy (non-hydrogen) atoms. The molecule has 186 valence electrons. The molecule has 5 N–H and O–H groups in total. The van der Waals surface area contributed by atoms with Gasteiger partial charge in [0.2, 0.25) is 11.2 Å². The number of phenols is 4. The van der Waals surface area contributed by atoms with E-state index in [1.165, 1.54) is 6.07 Å². The predicted octanol–water partition coefficient (Wildman–Crippen LogP) is 3.96. The van der Waals surface area contributed by atoms with E-state index in [9.17, 15) is 43.9 Å². The summed E-state index contributed by atoms with van der Waals surface area (Å²) < 4.78 is 38.1. The fourth-order valence-corrected chi connectivity index (χ4v) is 3.91. The van der Waals surface area contributed by atoms with E-state index < -0.39 is 80.8 Å². The Labute approximate surface area is 200 Å². The molecular weight excluding hydrogens is 482 g/mol. The molecule has 0 saturated carbocycles. The van der Waals surface area contributed by atoms with Crippen molar-refractivity contribution < 1.29 is 48.3 Å². The lowest BCUT2D eigenvalue weighted by molar-refractivity contribution is -0.140. The highest BCUT2D eigenvalue weighted by Crippen LogP contribution is 2.45. The number of aromatic hydroxyl groups is 5. The fourth-order valence-electron chi connectivity index (χ4n) is 3.91. The quantitative estimate of drug-likeness (QED) is 0.202. The van der Waals surface area contributed by atoms with E-state index in [1.54, 1.807) is 0 Å². The number of phenolic OH excluding ortho intramolecular Hbond substituents is 4. The molecule has 0 aliphatic heterocycles. The Morgan fingerprint density at radius 3 is 2.28 bits per heavy atom. The number of esters is 1. The van der Waals surface area contributed by atoms with Gasteiger partial charge >= 0.3 is 5.97 Å². The molecule has 1 aromatic heterocycles. The molecule has 0 aliphatic rings. The summed E-state index contributed by atoms with van der Waals surface area (Å²) in [6.45, 7) is 0. The number of rotatable bonds is 5. The van der Waals surface area contributed by atoms with Crippen LogP contribution in [0.5, 0.6) is 28.7 Å². The molecule has 1 atom stereocenters. The predicted molar refractivity (Wildman–Crippen MR) is 121 cm³/mol. The van der Waals surface area contributed by atoms with Crippen molar-refractivity contribution in [2.24, 2.45) is 0 Å². The van der Waals surface area contributed by atoms with Crippen LogP contribution in [0, 0.1) is 11.6 Å². The van der Waals surface area contributed by atoms with Crippen LogP contribution in [-0.4, -0.2) is 38.6 Å². The molecule has 11 heteroatoms. The maximum Gasteiger partial charge on any atom is 0.306 e. The summed E-state index contributed by atoms with van der Waals surface area (Å²) in [7, 11) is 1.09. The Hall–Kier alpha value is -4.80. The van der Waals surface area contributed by atoms with Crippen LogP contribution in [-0.2, 0) is 9.53 Å². The third-order valence-electron chi connectivity index (χ3n) is 5.67. The number of carbonyl (C=O) groups is 1. The molecule has 0 amide bonds. The zero-order valence-corrected chi connectivity index (χ0v) is 18.5. The number of hydrogen-bond donors (Lipinski definition) is 5. The molecule has 9 nitrogen and oxygen atoms in total. The van der Waals surface area contributed by atoms with Crippen LogP contribution in [0.1, 0.15) is 23.5 Å². The summed E-state index contributed by atoms with van der Waals surface area (Å²) in [5.41, 5.74) is -1.93. The molecule has 0 bridgehead atoms. The van der Waals surface area contributed by atoms with Crippen molar-refractivity contribution in [1.82, 2.24) is 0 Å². The second-order valence-corrected chi connectivity index (χ2v) is 7.85. The Kier molecular flexibility index (Phi) is 6.15. The van der Waals surface area contributed by atoms with Crippen LogP contribution >= 0.6 is 0 Å². The van der Waals surface area contributed by atoms with Gasteiger partial charge in [0.05, 0.1) is 13.5 Å². The normalized spacial score (nSPS) is 12.0. The van der Waals surface area contributed by atoms with Crippen LogP contribution in [0.4, 0.5) is 8.78 Å². The number of fused-ring (bicyclic) bond motifs is 1. The third-order valence-corrected chi connectivity index (χ3v) is 5.67. The Morgan fingerprint density at radius 1 is 0.917 bits per heavy atom. The lowest BCUT2D eigenvalue weighted by Gasteiger charge is -2.20. The molecule has 0 aliphatic carbocycles. The highest BCUT2D eigenvalue weighted by atomic mass is 19.2. The van der Waals surface area contributed by atoms with Gasteiger partial charge in [-0.2, -0.15) is 0 Å². The molecule has 3 aromatic carbocycles. The molecule has 0 radical (unpaired) electrons. The number of ether oxygens (including phenoxy) is 1. The van der Waals surface area contributed by atoms with E-state index in [0.717, 1.165) is 43.5 Å². The van der Waals surface area contributed by atoms with Crippen LogP contribution in [0.15, 0.2) is 51.7 Å². The molecular formula is C25H18F2O9. The van der Waals surface area contributed by atoms with Gasteiger partial charge in [-0.1, -0.05) is 6.07 Å². The van der Waals surface area contributed by atoms with Crippen LogP contribution in [0.3, 0.4) is 0 Å². The summed E-state index contributed by atoms with van der Waals surface area (Å²) in [4.78, 5) is 25.2. The van der Waals surface area contributed by atoms with Crippen molar-refractivity contribution in [3.8, 4) is 40.1 Å². The zero-order valence-electron chi connectivity index (χ0n) is 18.5. The van der Waals surface area contributed by atoms with E-state index >= 15 is 0 Å². The maximum absolute atomic E-state index is 14.1. The van der Waals surface area contributed by atoms with Crippen molar-refractivity contribution in [2.75, 3.05) is 7.11 Å². The van der Waals surface area contributed by atoms with Gasteiger partial charge in [-0.15, -0.1) is 0 Å². The lowest BCUT2D eigenvalue weighted by Crippen LogP contribution is -2.13. The van der Waals surface area contributed by atoms with Gasteiger partial charge in [0.25, 0.3) is 0 Å². The summed E-state index contributed by atoms with van der Waals surface area (Å²) >= 11 is 0. The van der Waals surface area contributed by atoms with Crippen LogP contribution < -0.4 is 5.43 Å². The van der Waals surface area contributed by atoms with Gasteiger partial charge in [0.1, 0.15) is 22.5 Å². The van der Waals surface area contributed by atoms with Crippen molar-refractivity contribution in [1.29, 1.82) is 0 Å². The smallest absolute Gasteiger partial charge is 0.306 e. The Morgan fingerprint density at radius 2 is 1.64 bits per heavy atom. The van der Waals surface area contributed by atoms with Gasteiger partial charge < -0.3 is 34.7 Å². The number of hydrogen-bond acceptors (Lipinski definition) is 9. The maximum atomic E-state index is 14.1. The zero-order chi connectivity index (χ0) is 26.3. The minimum absolute atomic E-state index is 0.00106. The van der Waals surface area contributed by atoms with E-state index in [4.69, 9.17) is 9.15 Å². The minimum Gasteiger partial charge on any atom is -0.507 e. The van der Waals surface area contributed by atoms with Gasteiger partial charge in [0, 0.05) is 23.1 Å². The number of halogens is 2. The molecule has 0 fully saturated rings. The summed E-state index contributed by atoms with van der Waals surface area (Å²) in [6.07, 6.45) is -0.519. The standard InChI is InChI=1S/C25H18F2O9/c1-35-19(32)8-12(10-2-4-13(26)14(27)6-10)20-17(30)9-18(31)21-22(33)23(34)24(36-25(20)21)11-3-5-15(28)16(29)7-11/h2-7,9,12,28-31,34H,8H2,1H3. The van der Waals surface area contributed by atoms with Crippen LogP contribution in [0.2, 0.25) is 0 Å². The Bertz CT molecular complexity index is 1580. The molecule has 4 rings (SSSR count). The molecule has 1 unspecified atom stereocenters. The van der Waals surface area contributed by atoms with Crippen molar-refractivity contribution >= 4 is 16.9 Å². The second-order valence-electron chi connectivity index (χ2n) is 7.85. The SMILES string of the molecule is COC(=O)CC(c1ccc(F)c(F)c1)c1c(O)cc(O)c2c(=O)c(O)c(-c3ccc(O)c(O)c3)oc12. The van der Waals surface area contributed by atoms with Gasteiger partial charge in [-0.25, -0.2) is 8.78 Å². The first kappa shape index (κ1) is 24.3. The Balaban J connectivity index is 2.09. The van der Waals surface area contributed by atoms with E-state index in [2.05, 4.69) is 0 Å². The van der Waals surface area contributed by atoms with Crippen molar-refractivity contribution in [3.05, 3.63) is 75.4 Å². The van der Waals surface area contributed by atoms with Crippen LogP contribution in [0.25, 0.3) is 22.3 Å². The third kappa shape index (κ3) is 4.11. The van der Waals surface area contributed by atoms with Crippen molar-refractivity contribution in [3.63, 3.8) is 0 Å². The molecule has 0 spiro atoms. The number of benzene rings is 3. The van der Waals surface area contributed by atoms with Gasteiger partial charge in [-0.05, 0) is 35.9 Å². The minimum atomic E-state index is -1.26. The van der Waals surface area contributed by atoms with E-state index in [0.29, 0.717) is 0 Å². The topological polar surface area (TPSA) is 158 Å². The average molecular weight is 500 g/mol. The summed E-state index contributed by atoms with van der Waals surface area (Å²) in [5.74, 6) is -8.46. The molecule has 4 aromatic rings. The lowest BCUT2D eigenvalue weighted by atomic mass is 9.86.